The van der Waals surface area contributed by atoms with Gasteiger partial charge in [0.05, 0.1) is 21.2 Å². The average Bonchev–Trinajstić information content (AvgIpc) is 3.02. The Labute approximate surface area is 180 Å². The van der Waals surface area contributed by atoms with Gasteiger partial charge in [-0.05, 0) is 54.5 Å². The molecule has 1 fully saturated rings. The van der Waals surface area contributed by atoms with Crippen LogP contribution in [0.25, 0.3) is 11.0 Å². The van der Waals surface area contributed by atoms with E-state index in [1.165, 1.54) is 23.5 Å². The quantitative estimate of drug-likeness (QED) is 0.595. The minimum absolute atomic E-state index is 0.114. The van der Waals surface area contributed by atoms with Crippen LogP contribution in [0.15, 0.2) is 30.3 Å². The third kappa shape index (κ3) is 4.16. The van der Waals surface area contributed by atoms with E-state index in [1.807, 2.05) is 55.7 Å². The SMILES string of the molecule is Cc1nn(C)c2nc(C(C)C)cc(C(=O)Nc3cccc(C4SCCCS4)c3)c12. The normalized spacial score (nSPS) is 15.2. The molecule has 1 aromatic carbocycles. The minimum Gasteiger partial charge on any atom is -0.322 e. The Morgan fingerprint density at radius 3 is 2.72 bits per heavy atom. The van der Waals surface area contributed by atoms with Gasteiger partial charge in [0.1, 0.15) is 0 Å². The Morgan fingerprint density at radius 2 is 2.00 bits per heavy atom. The van der Waals surface area contributed by atoms with Crippen LogP contribution in [0.1, 0.15) is 58.1 Å². The number of amides is 1. The van der Waals surface area contributed by atoms with E-state index in [-0.39, 0.29) is 11.8 Å². The maximum atomic E-state index is 13.3. The summed E-state index contributed by atoms with van der Waals surface area (Å²) in [6.07, 6.45) is 1.27. The molecule has 3 heterocycles. The molecule has 1 saturated heterocycles. The number of rotatable bonds is 4. The molecule has 0 bridgehead atoms. The average molecular weight is 427 g/mol. The number of aromatic nitrogens is 3. The highest BCUT2D eigenvalue weighted by Crippen LogP contribution is 2.44. The molecule has 3 aromatic rings. The summed E-state index contributed by atoms with van der Waals surface area (Å²) in [4.78, 5) is 18.0. The number of fused-ring (bicyclic) bond motifs is 1. The molecule has 1 aliphatic heterocycles. The van der Waals surface area contributed by atoms with E-state index >= 15 is 0 Å². The predicted molar refractivity (Wildman–Crippen MR) is 124 cm³/mol. The molecule has 0 spiro atoms. The summed E-state index contributed by atoms with van der Waals surface area (Å²) in [5.41, 5.74) is 5.20. The van der Waals surface area contributed by atoms with Crippen LogP contribution in [0.2, 0.25) is 0 Å². The van der Waals surface area contributed by atoms with Gasteiger partial charge >= 0.3 is 0 Å². The van der Waals surface area contributed by atoms with E-state index < -0.39 is 0 Å². The van der Waals surface area contributed by atoms with Gasteiger partial charge in [-0.15, -0.1) is 23.5 Å². The van der Waals surface area contributed by atoms with Gasteiger partial charge in [0, 0.05) is 18.4 Å². The first kappa shape index (κ1) is 20.3. The van der Waals surface area contributed by atoms with Crippen molar-refractivity contribution in [2.24, 2.45) is 7.05 Å². The fraction of sp³-hybridized carbons (Fsp3) is 0.409. The number of benzene rings is 1. The van der Waals surface area contributed by atoms with E-state index in [2.05, 4.69) is 36.4 Å². The van der Waals surface area contributed by atoms with E-state index in [1.54, 1.807) is 4.68 Å². The zero-order valence-electron chi connectivity index (χ0n) is 17.2. The van der Waals surface area contributed by atoms with Crippen LogP contribution in [-0.2, 0) is 7.05 Å². The van der Waals surface area contributed by atoms with Crippen LogP contribution in [0, 0.1) is 6.92 Å². The maximum absolute atomic E-state index is 13.3. The fourth-order valence-corrected chi connectivity index (χ4v) is 6.45. The zero-order valence-corrected chi connectivity index (χ0v) is 18.9. The molecule has 2 aromatic heterocycles. The van der Waals surface area contributed by atoms with Crippen molar-refractivity contribution in [3.63, 3.8) is 0 Å². The molecule has 0 saturated carbocycles. The summed E-state index contributed by atoms with van der Waals surface area (Å²) in [6, 6.07) is 10.1. The summed E-state index contributed by atoms with van der Waals surface area (Å²) in [5.74, 6) is 2.50. The molecule has 1 N–H and O–H groups in total. The smallest absolute Gasteiger partial charge is 0.256 e. The number of thioether (sulfide) groups is 2. The zero-order chi connectivity index (χ0) is 20.5. The van der Waals surface area contributed by atoms with E-state index in [4.69, 9.17) is 4.98 Å². The topological polar surface area (TPSA) is 59.8 Å². The molecule has 0 radical (unpaired) electrons. The number of carbonyl (C=O) groups excluding carboxylic acids is 1. The highest BCUT2D eigenvalue weighted by Gasteiger charge is 2.21. The lowest BCUT2D eigenvalue weighted by Gasteiger charge is -2.21. The lowest BCUT2D eigenvalue weighted by molar-refractivity contribution is 0.102. The van der Waals surface area contributed by atoms with Gasteiger partial charge in [0.2, 0.25) is 0 Å². The number of aryl methyl sites for hydroxylation is 2. The third-order valence-electron chi connectivity index (χ3n) is 5.07. The van der Waals surface area contributed by atoms with Crippen LogP contribution in [-0.4, -0.2) is 32.2 Å². The molecule has 7 heteroatoms. The molecule has 1 aliphatic rings. The second-order valence-electron chi connectivity index (χ2n) is 7.66. The number of anilines is 1. The molecule has 1 amide bonds. The summed E-state index contributed by atoms with van der Waals surface area (Å²) >= 11 is 3.97. The summed E-state index contributed by atoms with van der Waals surface area (Å²) in [5, 5.41) is 8.42. The number of hydrogen-bond acceptors (Lipinski definition) is 5. The van der Waals surface area contributed by atoms with Crippen LogP contribution < -0.4 is 5.32 Å². The van der Waals surface area contributed by atoms with Gasteiger partial charge in [-0.25, -0.2) is 4.98 Å². The van der Waals surface area contributed by atoms with Crippen LogP contribution >= 0.6 is 23.5 Å². The second kappa shape index (κ2) is 8.40. The minimum atomic E-state index is -0.114. The van der Waals surface area contributed by atoms with Gasteiger partial charge in [0.15, 0.2) is 5.65 Å². The Kier molecular flexibility index (Phi) is 5.88. The Balaban J connectivity index is 1.67. The van der Waals surface area contributed by atoms with Crippen molar-refractivity contribution in [3.8, 4) is 0 Å². The number of nitrogens with one attached hydrogen (secondary N) is 1. The first-order chi connectivity index (χ1) is 13.9. The first-order valence-corrected chi connectivity index (χ1v) is 12.0. The largest absolute Gasteiger partial charge is 0.322 e. The van der Waals surface area contributed by atoms with Crippen molar-refractivity contribution in [2.75, 3.05) is 16.8 Å². The first-order valence-electron chi connectivity index (χ1n) is 9.93. The fourth-order valence-electron chi connectivity index (χ4n) is 3.58. The van der Waals surface area contributed by atoms with Crippen LogP contribution in [0.5, 0.6) is 0 Å². The molecule has 152 valence electrons. The Morgan fingerprint density at radius 1 is 1.24 bits per heavy atom. The molecule has 0 aliphatic carbocycles. The summed E-state index contributed by atoms with van der Waals surface area (Å²) in [6.45, 7) is 6.10. The molecule has 0 atom stereocenters. The monoisotopic (exact) mass is 426 g/mol. The van der Waals surface area contributed by atoms with Gasteiger partial charge in [-0.2, -0.15) is 5.10 Å². The molecule has 5 nitrogen and oxygen atoms in total. The van der Waals surface area contributed by atoms with Crippen molar-refractivity contribution in [3.05, 3.63) is 52.8 Å². The lowest BCUT2D eigenvalue weighted by atomic mass is 10.0. The van der Waals surface area contributed by atoms with E-state index in [0.717, 1.165) is 28.1 Å². The molecule has 0 unspecified atom stereocenters. The van der Waals surface area contributed by atoms with Crippen LogP contribution in [0.4, 0.5) is 5.69 Å². The number of pyridine rings is 1. The molecular weight excluding hydrogens is 400 g/mol. The number of carbonyl (C=O) groups is 1. The van der Waals surface area contributed by atoms with Gasteiger partial charge < -0.3 is 5.32 Å². The molecular formula is C22H26N4OS2. The summed E-state index contributed by atoms with van der Waals surface area (Å²) in [7, 11) is 1.87. The van der Waals surface area contributed by atoms with Gasteiger partial charge in [0.25, 0.3) is 5.91 Å². The lowest BCUT2D eigenvalue weighted by Crippen LogP contribution is -2.14. The van der Waals surface area contributed by atoms with Gasteiger partial charge in [-0.1, -0.05) is 26.0 Å². The van der Waals surface area contributed by atoms with Gasteiger partial charge in [-0.3, -0.25) is 9.48 Å². The van der Waals surface area contributed by atoms with Crippen molar-refractivity contribution < 1.29 is 4.79 Å². The third-order valence-corrected chi connectivity index (χ3v) is 8.08. The highest BCUT2D eigenvalue weighted by atomic mass is 32.2. The van der Waals surface area contributed by atoms with E-state index in [9.17, 15) is 4.79 Å². The standard InChI is InChI=1S/C22H26N4OS2/c1-13(2)18-12-17(19-14(3)25-26(4)20(19)24-18)21(27)23-16-8-5-7-15(11-16)22-28-9-6-10-29-22/h5,7-8,11-13,22H,6,9-10H2,1-4H3,(H,23,27). The highest BCUT2D eigenvalue weighted by molar-refractivity contribution is 8.16. The van der Waals surface area contributed by atoms with Crippen molar-refractivity contribution in [1.82, 2.24) is 14.8 Å². The van der Waals surface area contributed by atoms with Crippen LogP contribution in [0.3, 0.4) is 0 Å². The number of nitrogens with zero attached hydrogens (tertiary/aromatic N) is 3. The number of hydrogen-bond donors (Lipinski definition) is 1. The summed E-state index contributed by atoms with van der Waals surface area (Å²) < 4.78 is 2.20. The Bertz CT molecular complexity index is 1050. The van der Waals surface area contributed by atoms with Crippen molar-refractivity contribution in [2.45, 2.75) is 37.7 Å². The Hall–Kier alpha value is -1.99. The second-order valence-corrected chi connectivity index (χ2v) is 10.4. The molecule has 4 rings (SSSR count). The van der Waals surface area contributed by atoms with Crippen molar-refractivity contribution >= 4 is 46.2 Å². The maximum Gasteiger partial charge on any atom is 0.256 e. The predicted octanol–water partition coefficient (Wildman–Crippen LogP) is 5.52. The molecule has 29 heavy (non-hydrogen) atoms. The van der Waals surface area contributed by atoms with Crippen molar-refractivity contribution in [1.29, 1.82) is 0 Å². The van der Waals surface area contributed by atoms with E-state index in [0.29, 0.717) is 10.1 Å².